The van der Waals surface area contributed by atoms with E-state index >= 15 is 0 Å². The smallest absolute Gasteiger partial charge is 0.183 e. The minimum atomic E-state index is -0.272. The van der Waals surface area contributed by atoms with Crippen LogP contribution < -0.4 is 0 Å². The van der Waals surface area contributed by atoms with Gasteiger partial charge in [0.2, 0.25) is 0 Å². The van der Waals surface area contributed by atoms with E-state index in [-0.39, 0.29) is 11.9 Å². The van der Waals surface area contributed by atoms with Crippen LogP contribution in [0.2, 0.25) is 4.47 Å². The summed E-state index contributed by atoms with van der Waals surface area (Å²) in [5, 5.41) is 4.78. The Morgan fingerprint density at radius 2 is 1.81 bits per heavy atom. The number of halogens is 2. The lowest BCUT2D eigenvalue weighted by atomic mass is 10.0. The van der Waals surface area contributed by atoms with Crippen LogP contribution in [-0.2, 0) is 0 Å². The van der Waals surface area contributed by atoms with Crippen LogP contribution in [0.3, 0.4) is 0 Å². The van der Waals surface area contributed by atoms with Crippen molar-refractivity contribution >= 4 is 22.9 Å². The van der Waals surface area contributed by atoms with Gasteiger partial charge in [0.1, 0.15) is 11.5 Å². The molecule has 0 radical (unpaired) electrons. The maximum atomic E-state index is 13.3. The minimum Gasteiger partial charge on any atom is -0.265 e. The quantitative estimate of drug-likeness (QED) is 0.468. The fourth-order valence-electron chi connectivity index (χ4n) is 2.74. The Balaban J connectivity index is 1.83. The second-order valence-electron chi connectivity index (χ2n) is 5.81. The van der Waals surface area contributed by atoms with Gasteiger partial charge in [-0.2, -0.15) is 5.10 Å². The van der Waals surface area contributed by atoms with E-state index in [1.807, 2.05) is 29.9 Å². The van der Waals surface area contributed by atoms with Crippen LogP contribution in [0, 0.1) is 5.82 Å². The van der Waals surface area contributed by atoms with Gasteiger partial charge in [0.05, 0.1) is 10.9 Å². The summed E-state index contributed by atoms with van der Waals surface area (Å²) in [5.74, 6) is -0.272. The number of pyridine rings is 1. The molecule has 0 saturated heterocycles. The molecule has 0 aliphatic rings. The van der Waals surface area contributed by atoms with Gasteiger partial charge in [-0.25, -0.2) is 9.37 Å². The lowest BCUT2D eigenvalue weighted by Crippen LogP contribution is -2.05. The molecule has 4 aromatic rings. The highest BCUT2D eigenvalue weighted by atomic mass is 35.5. The molecule has 0 aliphatic carbocycles. The Labute approximate surface area is 158 Å². The molecule has 0 fully saturated rings. The highest BCUT2D eigenvalue weighted by molar-refractivity contribution is 7.15. The molecule has 0 aliphatic heterocycles. The topological polar surface area (TPSA) is 43.6 Å². The van der Waals surface area contributed by atoms with E-state index in [1.165, 1.54) is 23.5 Å². The molecule has 1 atom stereocenters. The van der Waals surface area contributed by atoms with Gasteiger partial charge in [-0.1, -0.05) is 11.6 Å². The van der Waals surface area contributed by atoms with Gasteiger partial charge in [0, 0.05) is 35.9 Å². The van der Waals surface area contributed by atoms with Crippen molar-refractivity contribution in [2.75, 3.05) is 0 Å². The van der Waals surface area contributed by atoms with Crippen molar-refractivity contribution in [1.82, 2.24) is 19.7 Å². The molecule has 0 spiro atoms. The van der Waals surface area contributed by atoms with Crippen LogP contribution in [0.1, 0.15) is 17.8 Å². The number of benzene rings is 1. The third-order valence-electron chi connectivity index (χ3n) is 4.14. The van der Waals surface area contributed by atoms with Crippen LogP contribution in [0.4, 0.5) is 4.39 Å². The molecule has 4 nitrogen and oxygen atoms in total. The number of aromatic nitrogens is 4. The third kappa shape index (κ3) is 3.25. The number of rotatable bonds is 4. The number of thiazole rings is 1. The molecule has 4 rings (SSSR count). The average molecular weight is 385 g/mol. The fraction of sp³-hybridized carbons (Fsp3) is 0.105. The molecule has 130 valence electrons. The minimum absolute atomic E-state index is 0.0187. The number of nitrogens with zero attached hydrogens (tertiary/aromatic N) is 4. The molecule has 3 aromatic heterocycles. The van der Waals surface area contributed by atoms with E-state index in [2.05, 4.69) is 9.97 Å². The Hall–Kier alpha value is -2.57. The molecule has 26 heavy (non-hydrogen) atoms. The molecular formula is C19H14ClFN4S. The summed E-state index contributed by atoms with van der Waals surface area (Å²) in [6, 6.07) is 10.2. The molecule has 1 aromatic carbocycles. The van der Waals surface area contributed by atoms with Crippen LogP contribution in [-0.4, -0.2) is 19.7 Å². The van der Waals surface area contributed by atoms with Crippen molar-refractivity contribution in [3.63, 3.8) is 0 Å². The zero-order chi connectivity index (χ0) is 18.1. The van der Waals surface area contributed by atoms with E-state index in [0.717, 1.165) is 27.3 Å². The second kappa shape index (κ2) is 6.97. The third-order valence-corrected chi connectivity index (χ3v) is 5.43. The summed E-state index contributed by atoms with van der Waals surface area (Å²) in [5.41, 5.74) is 3.60. The summed E-state index contributed by atoms with van der Waals surface area (Å²) in [6.45, 7) is 2.04. The van der Waals surface area contributed by atoms with Crippen LogP contribution in [0.15, 0.2) is 61.2 Å². The Bertz CT molecular complexity index is 1030. The second-order valence-corrected chi connectivity index (χ2v) is 7.45. The Morgan fingerprint density at radius 3 is 2.46 bits per heavy atom. The van der Waals surface area contributed by atoms with Gasteiger partial charge in [0.25, 0.3) is 0 Å². The van der Waals surface area contributed by atoms with E-state index in [1.54, 1.807) is 30.7 Å². The predicted octanol–water partition coefficient (Wildman–Crippen LogP) is 5.47. The van der Waals surface area contributed by atoms with E-state index in [9.17, 15) is 4.39 Å². The van der Waals surface area contributed by atoms with E-state index in [0.29, 0.717) is 4.47 Å². The molecular weight excluding hydrogens is 371 g/mol. The first kappa shape index (κ1) is 16.9. The summed E-state index contributed by atoms with van der Waals surface area (Å²) in [6.07, 6.45) is 7.25. The lowest BCUT2D eigenvalue weighted by Gasteiger charge is -2.08. The molecule has 7 heteroatoms. The zero-order valence-electron chi connectivity index (χ0n) is 13.8. The van der Waals surface area contributed by atoms with Crippen molar-refractivity contribution in [1.29, 1.82) is 0 Å². The van der Waals surface area contributed by atoms with Crippen LogP contribution in [0.5, 0.6) is 0 Å². The monoisotopic (exact) mass is 384 g/mol. The van der Waals surface area contributed by atoms with Gasteiger partial charge in [-0.3, -0.25) is 9.67 Å². The lowest BCUT2D eigenvalue weighted by molar-refractivity contribution is 0.573. The summed E-state index contributed by atoms with van der Waals surface area (Å²) in [4.78, 5) is 9.21. The van der Waals surface area contributed by atoms with Crippen molar-refractivity contribution in [2.45, 2.75) is 13.0 Å². The largest absolute Gasteiger partial charge is 0.265 e. The summed E-state index contributed by atoms with van der Waals surface area (Å²) < 4.78 is 15.7. The van der Waals surface area contributed by atoms with Crippen LogP contribution >= 0.6 is 22.9 Å². The van der Waals surface area contributed by atoms with Crippen molar-refractivity contribution in [3.8, 4) is 22.4 Å². The SMILES string of the molecule is CC(c1cnc(Cl)s1)n1cc(-c2ccncc2)c(-c2ccc(F)cc2)n1. The van der Waals surface area contributed by atoms with Gasteiger partial charge in [0.15, 0.2) is 4.47 Å². The van der Waals surface area contributed by atoms with Crippen molar-refractivity contribution in [2.24, 2.45) is 0 Å². The van der Waals surface area contributed by atoms with Gasteiger partial charge >= 0.3 is 0 Å². The normalized spacial score (nSPS) is 12.3. The first-order valence-electron chi connectivity index (χ1n) is 7.98. The first-order valence-corrected chi connectivity index (χ1v) is 9.18. The zero-order valence-corrected chi connectivity index (χ0v) is 15.4. The molecule has 1 unspecified atom stereocenters. The number of hydrogen-bond donors (Lipinski definition) is 0. The predicted molar refractivity (Wildman–Crippen MR) is 102 cm³/mol. The maximum Gasteiger partial charge on any atom is 0.183 e. The fourth-order valence-corrected chi connectivity index (χ4v) is 3.74. The van der Waals surface area contributed by atoms with Crippen LogP contribution in [0.25, 0.3) is 22.4 Å². The highest BCUT2D eigenvalue weighted by Gasteiger charge is 2.18. The van der Waals surface area contributed by atoms with Crippen molar-refractivity contribution in [3.05, 3.63) is 76.3 Å². The van der Waals surface area contributed by atoms with Gasteiger partial charge < -0.3 is 0 Å². The van der Waals surface area contributed by atoms with Gasteiger partial charge in [-0.05, 0) is 48.9 Å². The molecule has 0 amide bonds. The highest BCUT2D eigenvalue weighted by Crippen LogP contribution is 2.34. The summed E-state index contributed by atoms with van der Waals surface area (Å²) in [7, 11) is 0. The standard InChI is InChI=1S/C19H14ClFN4S/c1-12(17-10-23-19(20)26-17)25-11-16(13-6-8-22-9-7-13)18(24-25)14-2-4-15(21)5-3-14/h2-12H,1H3. The Morgan fingerprint density at radius 1 is 1.08 bits per heavy atom. The molecule has 0 N–H and O–H groups in total. The molecule has 0 bridgehead atoms. The summed E-state index contributed by atoms with van der Waals surface area (Å²) >= 11 is 7.40. The Kier molecular flexibility index (Phi) is 4.53. The maximum absolute atomic E-state index is 13.3. The first-order chi connectivity index (χ1) is 12.6. The molecule has 0 saturated carbocycles. The van der Waals surface area contributed by atoms with Gasteiger partial charge in [-0.15, -0.1) is 11.3 Å². The van der Waals surface area contributed by atoms with Crippen molar-refractivity contribution < 1.29 is 4.39 Å². The molecule has 3 heterocycles. The van der Waals surface area contributed by atoms with E-state index < -0.39 is 0 Å². The van der Waals surface area contributed by atoms with E-state index in [4.69, 9.17) is 16.7 Å². The average Bonchev–Trinajstić information content (AvgIpc) is 3.29. The number of hydrogen-bond acceptors (Lipinski definition) is 4.